The zero-order valence-corrected chi connectivity index (χ0v) is 12.6. The van der Waals surface area contributed by atoms with Crippen molar-refractivity contribution in [2.75, 3.05) is 13.1 Å². The third-order valence-corrected chi connectivity index (χ3v) is 2.47. The Labute approximate surface area is 112 Å². The van der Waals surface area contributed by atoms with Gasteiger partial charge in [0.05, 0.1) is 0 Å². The molecule has 0 fully saturated rings. The molecule has 0 aliphatic heterocycles. The van der Waals surface area contributed by atoms with Gasteiger partial charge in [-0.05, 0) is 40.7 Å². The molecule has 0 rings (SSSR count). The summed E-state index contributed by atoms with van der Waals surface area (Å²) in [6.45, 7) is 11.5. The fourth-order valence-electron chi connectivity index (χ4n) is 1.52. The minimum absolute atomic E-state index is 0.277. The normalized spacial score (nSPS) is 13.2. The SMILES string of the molecule is CCCCCCNC(C)CNC(=O)OC(C)(C)C. The highest BCUT2D eigenvalue weighted by molar-refractivity contribution is 5.67. The first-order valence-electron chi connectivity index (χ1n) is 7.05. The fourth-order valence-corrected chi connectivity index (χ4v) is 1.52. The highest BCUT2D eigenvalue weighted by Gasteiger charge is 2.16. The molecule has 0 spiro atoms. The lowest BCUT2D eigenvalue weighted by molar-refractivity contribution is 0.0523. The van der Waals surface area contributed by atoms with Gasteiger partial charge in [-0.1, -0.05) is 26.2 Å². The minimum Gasteiger partial charge on any atom is -0.444 e. The Balaban J connectivity index is 3.52. The van der Waals surface area contributed by atoms with E-state index in [2.05, 4.69) is 24.5 Å². The Kier molecular flexibility index (Phi) is 8.81. The van der Waals surface area contributed by atoms with E-state index in [1.54, 1.807) is 0 Å². The second-order valence-corrected chi connectivity index (χ2v) is 5.80. The van der Waals surface area contributed by atoms with E-state index in [4.69, 9.17) is 4.74 Å². The summed E-state index contributed by atoms with van der Waals surface area (Å²) in [4.78, 5) is 11.4. The number of rotatable bonds is 8. The van der Waals surface area contributed by atoms with Crippen LogP contribution in [0.25, 0.3) is 0 Å². The molecule has 4 nitrogen and oxygen atoms in total. The van der Waals surface area contributed by atoms with Gasteiger partial charge in [0.1, 0.15) is 5.60 Å². The third kappa shape index (κ3) is 11.7. The van der Waals surface area contributed by atoms with Crippen LogP contribution in [0.2, 0.25) is 0 Å². The standard InChI is InChI=1S/C14H30N2O2/c1-6-7-8-9-10-15-12(2)11-16-13(17)18-14(3,4)5/h12,15H,6-11H2,1-5H3,(H,16,17). The van der Waals surface area contributed by atoms with Crippen molar-refractivity contribution < 1.29 is 9.53 Å². The van der Waals surface area contributed by atoms with Crippen LogP contribution in [-0.2, 0) is 4.74 Å². The average molecular weight is 258 g/mol. The zero-order chi connectivity index (χ0) is 14.0. The van der Waals surface area contributed by atoms with Crippen LogP contribution in [0.3, 0.4) is 0 Å². The predicted octanol–water partition coefficient (Wildman–Crippen LogP) is 3.07. The second-order valence-electron chi connectivity index (χ2n) is 5.80. The molecule has 1 atom stereocenters. The van der Waals surface area contributed by atoms with Crippen LogP contribution in [0.4, 0.5) is 4.79 Å². The van der Waals surface area contributed by atoms with Gasteiger partial charge in [-0.15, -0.1) is 0 Å². The van der Waals surface area contributed by atoms with E-state index in [1.807, 2.05) is 20.8 Å². The third-order valence-electron chi connectivity index (χ3n) is 2.47. The summed E-state index contributed by atoms with van der Waals surface area (Å²) < 4.78 is 5.17. The number of hydrogen-bond donors (Lipinski definition) is 2. The molecule has 0 aromatic rings. The first-order chi connectivity index (χ1) is 8.35. The molecule has 0 radical (unpaired) electrons. The lowest BCUT2D eigenvalue weighted by Gasteiger charge is -2.21. The van der Waals surface area contributed by atoms with Gasteiger partial charge >= 0.3 is 6.09 Å². The smallest absolute Gasteiger partial charge is 0.407 e. The first kappa shape index (κ1) is 17.2. The zero-order valence-electron chi connectivity index (χ0n) is 12.6. The van der Waals surface area contributed by atoms with Crippen LogP contribution >= 0.6 is 0 Å². The first-order valence-corrected chi connectivity index (χ1v) is 7.05. The van der Waals surface area contributed by atoms with Gasteiger partial charge < -0.3 is 15.4 Å². The lowest BCUT2D eigenvalue weighted by Crippen LogP contribution is -2.41. The second kappa shape index (κ2) is 9.20. The number of hydrogen-bond acceptors (Lipinski definition) is 3. The molecule has 0 aromatic carbocycles. The molecule has 108 valence electrons. The molecule has 0 aliphatic rings. The van der Waals surface area contributed by atoms with Crippen LogP contribution in [0.15, 0.2) is 0 Å². The van der Waals surface area contributed by atoms with E-state index in [0.29, 0.717) is 6.54 Å². The summed E-state index contributed by atoms with van der Waals surface area (Å²) in [5, 5.41) is 6.16. The van der Waals surface area contributed by atoms with Crippen molar-refractivity contribution in [3.05, 3.63) is 0 Å². The number of nitrogens with one attached hydrogen (secondary N) is 2. The Morgan fingerprint density at radius 2 is 1.89 bits per heavy atom. The monoisotopic (exact) mass is 258 g/mol. The van der Waals surface area contributed by atoms with Gasteiger partial charge in [-0.2, -0.15) is 0 Å². The van der Waals surface area contributed by atoms with Crippen LogP contribution in [0.5, 0.6) is 0 Å². The number of alkyl carbamates (subject to hydrolysis) is 1. The maximum absolute atomic E-state index is 11.4. The van der Waals surface area contributed by atoms with E-state index in [9.17, 15) is 4.79 Å². The van der Waals surface area contributed by atoms with Crippen molar-refractivity contribution in [1.82, 2.24) is 10.6 Å². The lowest BCUT2D eigenvalue weighted by atomic mass is 10.2. The molecular weight excluding hydrogens is 228 g/mol. The number of carbonyl (C=O) groups is 1. The highest BCUT2D eigenvalue weighted by atomic mass is 16.6. The molecule has 4 heteroatoms. The molecule has 0 saturated carbocycles. The Hall–Kier alpha value is -0.770. The number of unbranched alkanes of at least 4 members (excludes halogenated alkanes) is 3. The van der Waals surface area contributed by atoms with E-state index >= 15 is 0 Å². The van der Waals surface area contributed by atoms with E-state index in [-0.39, 0.29) is 12.1 Å². The number of carbonyl (C=O) groups excluding carboxylic acids is 1. The van der Waals surface area contributed by atoms with Gasteiger partial charge in [0, 0.05) is 12.6 Å². The molecule has 0 aliphatic carbocycles. The van der Waals surface area contributed by atoms with Gasteiger partial charge in [-0.3, -0.25) is 0 Å². The summed E-state index contributed by atoms with van der Waals surface area (Å²) in [5.41, 5.74) is -0.430. The largest absolute Gasteiger partial charge is 0.444 e. The van der Waals surface area contributed by atoms with Crippen molar-refractivity contribution >= 4 is 6.09 Å². The number of ether oxygens (including phenoxy) is 1. The Morgan fingerprint density at radius 1 is 1.22 bits per heavy atom. The molecule has 0 saturated heterocycles. The fraction of sp³-hybridized carbons (Fsp3) is 0.929. The van der Waals surface area contributed by atoms with Gasteiger partial charge in [-0.25, -0.2) is 4.79 Å². The van der Waals surface area contributed by atoms with Gasteiger partial charge in [0.2, 0.25) is 0 Å². The Morgan fingerprint density at radius 3 is 2.44 bits per heavy atom. The summed E-state index contributed by atoms with van der Waals surface area (Å²) in [7, 11) is 0. The van der Waals surface area contributed by atoms with Crippen molar-refractivity contribution in [2.45, 2.75) is 71.9 Å². The molecule has 18 heavy (non-hydrogen) atoms. The molecule has 1 amide bonds. The quantitative estimate of drug-likeness (QED) is 0.658. The van der Waals surface area contributed by atoms with Crippen LogP contribution in [0.1, 0.15) is 60.3 Å². The van der Waals surface area contributed by atoms with Crippen molar-refractivity contribution in [3.8, 4) is 0 Å². The minimum atomic E-state index is -0.430. The van der Waals surface area contributed by atoms with E-state index < -0.39 is 5.60 Å². The number of amides is 1. The molecule has 2 N–H and O–H groups in total. The molecule has 0 aromatic heterocycles. The van der Waals surface area contributed by atoms with Crippen molar-refractivity contribution in [1.29, 1.82) is 0 Å². The Bertz CT molecular complexity index is 224. The van der Waals surface area contributed by atoms with Crippen molar-refractivity contribution in [3.63, 3.8) is 0 Å². The summed E-state index contributed by atoms with van der Waals surface area (Å²) in [6, 6.07) is 0.277. The molecule has 1 unspecified atom stereocenters. The van der Waals surface area contributed by atoms with Gasteiger partial charge in [0.15, 0.2) is 0 Å². The maximum Gasteiger partial charge on any atom is 0.407 e. The summed E-state index contributed by atoms with van der Waals surface area (Å²) in [6.07, 6.45) is 4.68. The van der Waals surface area contributed by atoms with E-state index in [1.165, 1.54) is 25.7 Å². The highest BCUT2D eigenvalue weighted by Crippen LogP contribution is 2.06. The molecule has 0 heterocycles. The predicted molar refractivity (Wildman–Crippen MR) is 75.8 cm³/mol. The van der Waals surface area contributed by atoms with Gasteiger partial charge in [0.25, 0.3) is 0 Å². The average Bonchev–Trinajstić information content (AvgIpc) is 2.24. The topological polar surface area (TPSA) is 50.4 Å². The molecular formula is C14H30N2O2. The molecule has 0 bridgehead atoms. The van der Waals surface area contributed by atoms with Crippen LogP contribution in [-0.4, -0.2) is 30.8 Å². The van der Waals surface area contributed by atoms with Crippen LogP contribution < -0.4 is 10.6 Å². The van der Waals surface area contributed by atoms with Crippen LogP contribution in [0, 0.1) is 0 Å². The van der Waals surface area contributed by atoms with Crippen molar-refractivity contribution in [2.24, 2.45) is 0 Å². The van der Waals surface area contributed by atoms with E-state index in [0.717, 1.165) is 6.54 Å². The maximum atomic E-state index is 11.4. The summed E-state index contributed by atoms with van der Waals surface area (Å²) >= 11 is 0. The summed E-state index contributed by atoms with van der Waals surface area (Å²) in [5.74, 6) is 0.